The van der Waals surface area contributed by atoms with Gasteiger partial charge in [0.05, 0.1) is 24.7 Å². The van der Waals surface area contributed by atoms with Crippen LogP contribution in [0, 0.1) is 11.3 Å². The van der Waals surface area contributed by atoms with Gasteiger partial charge < -0.3 is 14.8 Å². The first kappa shape index (κ1) is 26.1. The summed E-state index contributed by atoms with van der Waals surface area (Å²) in [5.41, 5.74) is 1.56. The molecule has 2 amide bonds. The van der Waals surface area contributed by atoms with Gasteiger partial charge in [-0.2, -0.15) is 5.26 Å². The Kier molecular flexibility index (Phi) is 8.39. The van der Waals surface area contributed by atoms with Gasteiger partial charge in [-0.05, 0) is 61.4 Å². The van der Waals surface area contributed by atoms with Crippen LogP contribution in [0.15, 0.2) is 83.4 Å². The Hall–Kier alpha value is -3.93. The molecule has 37 heavy (non-hydrogen) atoms. The summed E-state index contributed by atoms with van der Waals surface area (Å²) in [5, 5.41) is 13.0. The molecule has 1 N–H and O–H groups in total. The lowest BCUT2D eigenvalue weighted by atomic mass is 10.1. The van der Waals surface area contributed by atoms with E-state index < -0.39 is 11.2 Å². The molecular formula is C28H24ClN3O4S. The summed E-state index contributed by atoms with van der Waals surface area (Å²) in [6.07, 6.45) is 0.340. The van der Waals surface area contributed by atoms with Gasteiger partial charge in [-0.15, -0.1) is 0 Å². The number of nitriles is 1. The van der Waals surface area contributed by atoms with E-state index in [0.717, 1.165) is 5.56 Å². The maximum Gasteiger partial charge on any atom is 0.269 e. The Morgan fingerprint density at radius 1 is 1.11 bits per heavy atom. The average Bonchev–Trinajstić information content (AvgIpc) is 3.22. The topological polar surface area (TPSA) is 91.7 Å². The number of anilines is 2. The second kappa shape index (κ2) is 11.9. The fraction of sp³-hybridized carbons (Fsp3) is 0.179. The van der Waals surface area contributed by atoms with Crippen molar-refractivity contribution in [1.82, 2.24) is 0 Å². The number of ether oxygens (including phenoxy) is 2. The fourth-order valence-corrected chi connectivity index (χ4v) is 5.38. The highest BCUT2D eigenvalue weighted by Crippen LogP contribution is 2.43. The molecule has 1 aliphatic heterocycles. The highest BCUT2D eigenvalue weighted by atomic mass is 35.5. The Morgan fingerprint density at radius 2 is 1.81 bits per heavy atom. The molecule has 0 aromatic heterocycles. The third-order valence-electron chi connectivity index (χ3n) is 5.63. The molecule has 1 aliphatic rings. The zero-order valence-corrected chi connectivity index (χ0v) is 21.8. The van der Waals surface area contributed by atoms with Crippen molar-refractivity contribution in [3.05, 3.63) is 94.0 Å². The minimum absolute atomic E-state index is 0.181. The van der Waals surface area contributed by atoms with Gasteiger partial charge in [0.1, 0.15) is 28.2 Å². The average molecular weight is 534 g/mol. The molecule has 4 rings (SSSR count). The van der Waals surface area contributed by atoms with Crippen molar-refractivity contribution in [3.8, 4) is 17.6 Å². The Morgan fingerprint density at radius 3 is 2.49 bits per heavy atom. The Bertz CT molecular complexity index is 1380. The van der Waals surface area contributed by atoms with Gasteiger partial charge in [0.25, 0.3) is 5.91 Å². The summed E-state index contributed by atoms with van der Waals surface area (Å²) < 4.78 is 10.8. The highest BCUT2D eigenvalue weighted by Gasteiger charge is 2.41. The number of para-hydroxylation sites is 2. The minimum atomic E-state index is -0.642. The van der Waals surface area contributed by atoms with E-state index in [9.17, 15) is 14.9 Å². The van der Waals surface area contributed by atoms with Crippen LogP contribution in [0.5, 0.6) is 11.5 Å². The van der Waals surface area contributed by atoms with E-state index in [2.05, 4.69) is 5.32 Å². The third-order valence-corrected chi connectivity index (χ3v) is 7.26. The van der Waals surface area contributed by atoms with E-state index in [0.29, 0.717) is 40.9 Å². The lowest BCUT2D eigenvalue weighted by Crippen LogP contribution is -2.31. The van der Waals surface area contributed by atoms with E-state index in [-0.39, 0.29) is 16.5 Å². The first-order valence-electron chi connectivity index (χ1n) is 11.5. The van der Waals surface area contributed by atoms with E-state index >= 15 is 0 Å². The summed E-state index contributed by atoms with van der Waals surface area (Å²) in [6.45, 7) is 2.39. The van der Waals surface area contributed by atoms with Crippen LogP contribution in [0.25, 0.3) is 0 Å². The standard InChI is InChI=1S/C28H24ClN3O4S/c1-3-36-20-14-12-19(13-15-20)32-27(34)25(16-18-8-4-5-9-22(18)29)37-28(32)21(17-30)26(33)31-23-10-6-7-11-24(23)35-2/h4-15,25H,3,16H2,1-2H3,(H,31,33)/b28-21-. The summed E-state index contributed by atoms with van der Waals surface area (Å²) >= 11 is 7.53. The molecule has 1 saturated heterocycles. The number of carbonyl (C=O) groups is 2. The molecule has 0 aliphatic carbocycles. The molecule has 3 aromatic rings. The molecule has 3 aromatic carbocycles. The van der Waals surface area contributed by atoms with Crippen molar-refractivity contribution in [2.45, 2.75) is 18.6 Å². The van der Waals surface area contributed by atoms with Gasteiger partial charge in [-0.25, -0.2) is 0 Å². The second-order valence-electron chi connectivity index (χ2n) is 7.95. The van der Waals surface area contributed by atoms with E-state index in [1.807, 2.05) is 31.2 Å². The van der Waals surface area contributed by atoms with E-state index in [4.69, 9.17) is 21.1 Å². The smallest absolute Gasteiger partial charge is 0.269 e. The van der Waals surface area contributed by atoms with Gasteiger partial charge >= 0.3 is 0 Å². The van der Waals surface area contributed by atoms with E-state index in [1.165, 1.54) is 23.8 Å². The summed E-state index contributed by atoms with van der Waals surface area (Å²) in [5.74, 6) is 0.213. The fourth-order valence-electron chi connectivity index (χ4n) is 3.88. The molecule has 1 heterocycles. The quantitative estimate of drug-likeness (QED) is 0.290. The van der Waals surface area contributed by atoms with Gasteiger partial charge in [0, 0.05) is 10.7 Å². The number of nitrogens with one attached hydrogen (secondary N) is 1. The number of thioether (sulfide) groups is 1. The van der Waals surface area contributed by atoms with Crippen LogP contribution in [-0.4, -0.2) is 30.8 Å². The Balaban J connectivity index is 1.74. The van der Waals surface area contributed by atoms with Crippen molar-refractivity contribution >= 4 is 46.6 Å². The predicted molar refractivity (Wildman–Crippen MR) is 146 cm³/mol. The number of amides is 2. The first-order valence-corrected chi connectivity index (χ1v) is 12.8. The van der Waals surface area contributed by atoms with Crippen molar-refractivity contribution < 1.29 is 19.1 Å². The van der Waals surface area contributed by atoms with Crippen LogP contribution >= 0.6 is 23.4 Å². The lowest BCUT2D eigenvalue weighted by molar-refractivity contribution is -0.117. The maximum absolute atomic E-state index is 13.7. The van der Waals surface area contributed by atoms with Crippen LogP contribution < -0.4 is 19.7 Å². The van der Waals surface area contributed by atoms with Crippen LogP contribution in [-0.2, 0) is 16.0 Å². The summed E-state index contributed by atoms with van der Waals surface area (Å²) in [7, 11) is 1.49. The van der Waals surface area contributed by atoms with E-state index in [1.54, 1.807) is 54.6 Å². The van der Waals surface area contributed by atoms with Crippen LogP contribution in [0.4, 0.5) is 11.4 Å². The molecule has 0 saturated carbocycles. The zero-order valence-electron chi connectivity index (χ0n) is 20.2. The number of hydrogen-bond acceptors (Lipinski definition) is 6. The largest absolute Gasteiger partial charge is 0.495 e. The molecule has 0 bridgehead atoms. The molecule has 1 atom stereocenters. The monoisotopic (exact) mass is 533 g/mol. The minimum Gasteiger partial charge on any atom is -0.495 e. The predicted octanol–water partition coefficient (Wildman–Crippen LogP) is 5.81. The molecule has 9 heteroatoms. The molecule has 1 fully saturated rings. The van der Waals surface area contributed by atoms with Crippen LogP contribution in [0.2, 0.25) is 5.02 Å². The lowest BCUT2D eigenvalue weighted by Gasteiger charge is -2.19. The first-order chi connectivity index (χ1) is 18.0. The zero-order chi connectivity index (χ0) is 26.4. The third kappa shape index (κ3) is 5.74. The Labute approximate surface area is 224 Å². The van der Waals surface area contributed by atoms with Crippen molar-refractivity contribution in [2.24, 2.45) is 0 Å². The second-order valence-corrected chi connectivity index (χ2v) is 9.55. The normalized spacial score (nSPS) is 16.2. The van der Waals surface area contributed by atoms with Crippen LogP contribution in [0.1, 0.15) is 12.5 Å². The number of methoxy groups -OCH3 is 1. The molecule has 188 valence electrons. The van der Waals surface area contributed by atoms with Gasteiger partial charge in [-0.1, -0.05) is 53.7 Å². The van der Waals surface area contributed by atoms with Gasteiger partial charge in [-0.3, -0.25) is 14.5 Å². The number of carbonyl (C=O) groups excluding carboxylic acids is 2. The maximum atomic E-state index is 13.7. The van der Waals surface area contributed by atoms with Gasteiger partial charge in [0.15, 0.2) is 0 Å². The van der Waals surface area contributed by atoms with Crippen molar-refractivity contribution in [1.29, 1.82) is 5.26 Å². The SMILES string of the molecule is CCOc1ccc(N2C(=O)C(Cc3ccccc3Cl)S/C2=C(/C#N)C(=O)Nc2ccccc2OC)cc1. The highest BCUT2D eigenvalue weighted by molar-refractivity contribution is 8.05. The molecule has 7 nitrogen and oxygen atoms in total. The van der Waals surface area contributed by atoms with Gasteiger partial charge in [0.2, 0.25) is 5.91 Å². The number of rotatable bonds is 8. The molecular weight excluding hydrogens is 510 g/mol. The number of nitrogens with zero attached hydrogens (tertiary/aromatic N) is 2. The van der Waals surface area contributed by atoms with Crippen LogP contribution in [0.3, 0.4) is 0 Å². The molecule has 0 radical (unpaired) electrons. The number of hydrogen-bond donors (Lipinski definition) is 1. The van der Waals surface area contributed by atoms with Crippen molar-refractivity contribution in [3.63, 3.8) is 0 Å². The van der Waals surface area contributed by atoms with Crippen molar-refractivity contribution in [2.75, 3.05) is 23.9 Å². The summed E-state index contributed by atoms with van der Waals surface area (Å²) in [4.78, 5) is 28.4. The summed E-state index contributed by atoms with van der Waals surface area (Å²) in [6, 6.07) is 23.2. The molecule has 1 unspecified atom stereocenters. The number of halogens is 1. The number of benzene rings is 3. The molecule has 0 spiro atoms.